The maximum atomic E-state index is 9.70. The van der Waals surface area contributed by atoms with E-state index in [-0.39, 0.29) is 16.2 Å². The lowest BCUT2D eigenvalue weighted by Crippen LogP contribution is -2.38. The third-order valence-electron chi connectivity index (χ3n) is 5.15. The molecule has 1 aliphatic rings. The normalized spacial score (nSPS) is 14.1. The summed E-state index contributed by atoms with van der Waals surface area (Å²) < 4.78 is 5.86. The van der Waals surface area contributed by atoms with Crippen LogP contribution in [0.4, 0.5) is 4.70 Å². The fourth-order valence-electron chi connectivity index (χ4n) is 2.51. The Morgan fingerprint density at radius 1 is 0.926 bits per heavy atom. The number of aliphatic hydroxyl groups is 1. The van der Waals surface area contributed by atoms with Crippen LogP contribution in [0.1, 0.15) is 51.8 Å². The second kappa shape index (κ2) is 9.18. The van der Waals surface area contributed by atoms with Crippen molar-refractivity contribution >= 4 is 0 Å². The molecule has 0 saturated heterocycles. The fraction of sp³-hybridized carbons (Fsp3) is 0.375. The number of benzene rings is 2. The van der Waals surface area contributed by atoms with E-state index in [9.17, 15) is 5.11 Å². The number of allylic oxidation sites excluding steroid dienone is 1. The Bertz CT molecular complexity index is 742. The van der Waals surface area contributed by atoms with Crippen molar-refractivity contribution < 1.29 is 14.5 Å². The summed E-state index contributed by atoms with van der Waals surface area (Å²) in [7, 11) is 0. The van der Waals surface area contributed by atoms with Crippen molar-refractivity contribution in [1.29, 1.82) is 0 Å². The molecule has 2 aromatic rings. The molecule has 0 spiro atoms. The van der Waals surface area contributed by atoms with E-state index < -0.39 is 5.60 Å². The van der Waals surface area contributed by atoms with Crippen molar-refractivity contribution in [2.75, 3.05) is 0 Å². The number of hydrogen-bond donors (Lipinski definition) is 1. The van der Waals surface area contributed by atoms with Crippen LogP contribution >= 0.6 is 0 Å². The lowest BCUT2D eigenvalue weighted by molar-refractivity contribution is -0.0103. The molecule has 3 heteroatoms. The van der Waals surface area contributed by atoms with E-state index in [0.29, 0.717) is 0 Å². The smallest absolute Gasteiger partial charge is 0.121 e. The maximum absolute atomic E-state index is 9.70. The summed E-state index contributed by atoms with van der Waals surface area (Å²) in [5.74, 6) is 0.913. The van der Waals surface area contributed by atoms with Crippen molar-refractivity contribution in [1.82, 2.24) is 0 Å². The largest absolute Gasteiger partial charge is 0.486 e. The van der Waals surface area contributed by atoms with Gasteiger partial charge in [-0.2, -0.15) is 0 Å². The fourth-order valence-corrected chi connectivity index (χ4v) is 2.51. The Morgan fingerprint density at radius 3 is 1.96 bits per heavy atom. The molecule has 0 saturated carbocycles. The number of halogens is 1. The molecule has 27 heavy (non-hydrogen) atoms. The molecule has 2 aromatic carbocycles. The highest BCUT2D eigenvalue weighted by Gasteiger charge is 2.41. The first-order valence-electron chi connectivity index (χ1n) is 9.17. The van der Waals surface area contributed by atoms with E-state index in [0.717, 1.165) is 5.75 Å². The van der Waals surface area contributed by atoms with E-state index in [4.69, 9.17) is 4.74 Å². The summed E-state index contributed by atoms with van der Waals surface area (Å²) in [6.07, 6.45) is 4.19. The first kappa shape index (κ1) is 22.9. The number of ether oxygens (including phenoxy) is 1. The van der Waals surface area contributed by atoms with Gasteiger partial charge in [-0.3, -0.25) is 4.70 Å². The van der Waals surface area contributed by atoms with Crippen LogP contribution in [0.15, 0.2) is 66.2 Å². The predicted molar refractivity (Wildman–Crippen MR) is 112 cm³/mol. The molecule has 0 bridgehead atoms. The summed E-state index contributed by atoms with van der Waals surface area (Å²) >= 11 is 0. The number of aryl methyl sites for hydroxylation is 1. The number of para-hydroxylation sites is 1. The van der Waals surface area contributed by atoms with Gasteiger partial charge in [0, 0.05) is 11.8 Å². The third kappa shape index (κ3) is 6.51. The SMILES string of the molecule is CC(C)(O)C(C)(C)C1=C[CH]1.Cc1cccc(C(C)Oc2ccccc2)c1.F. The van der Waals surface area contributed by atoms with E-state index >= 15 is 0 Å². The molecular formula is C24H32FO2. The van der Waals surface area contributed by atoms with Gasteiger partial charge in [-0.1, -0.05) is 73.5 Å². The van der Waals surface area contributed by atoms with Crippen molar-refractivity contribution in [2.24, 2.45) is 5.41 Å². The van der Waals surface area contributed by atoms with Crippen LogP contribution in [0.2, 0.25) is 0 Å². The molecule has 0 heterocycles. The first-order valence-corrected chi connectivity index (χ1v) is 9.17. The van der Waals surface area contributed by atoms with E-state index in [1.54, 1.807) is 0 Å². The topological polar surface area (TPSA) is 29.5 Å². The van der Waals surface area contributed by atoms with Crippen LogP contribution in [0.25, 0.3) is 0 Å². The Hall–Kier alpha value is -2.13. The summed E-state index contributed by atoms with van der Waals surface area (Å²) in [4.78, 5) is 0. The summed E-state index contributed by atoms with van der Waals surface area (Å²) in [6, 6.07) is 18.3. The molecule has 1 unspecified atom stereocenters. The summed E-state index contributed by atoms with van der Waals surface area (Å²) in [5, 5.41) is 9.70. The Labute approximate surface area is 163 Å². The van der Waals surface area contributed by atoms with Gasteiger partial charge in [0.05, 0.1) is 5.60 Å². The third-order valence-corrected chi connectivity index (χ3v) is 5.15. The lowest BCUT2D eigenvalue weighted by Gasteiger charge is -2.35. The average Bonchev–Trinajstić information content (AvgIpc) is 3.41. The Kier molecular flexibility index (Phi) is 7.79. The number of rotatable bonds is 5. The van der Waals surface area contributed by atoms with Gasteiger partial charge in [-0.15, -0.1) is 0 Å². The highest BCUT2D eigenvalue weighted by molar-refractivity contribution is 5.45. The molecule has 0 aliphatic heterocycles. The van der Waals surface area contributed by atoms with Gasteiger partial charge in [-0.05, 0) is 45.4 Å². The Morgan fingerprint density at radius 2 is 1.52 bits per heavy atom. The van der Waals surface area contributed by atoms with Crippen molar-refractivity contribution in [2.45, 2.75) is 53.2 Å². The minimum Gasteiger partial charge on any atom is -0.486 e. The standard InChI is InChI=1S/C15H16O.C9H15O.FH/c1-12-7-6-8-14(11-12)13(2)16-15-9-4-3-5-10-15;1-8(2,7-5-6-7)9(3,4)10;/h3-11,13H,1-2H3;5-6,10H,1-4H3;1H. The minimum atomic E-state index is -0.619. The molecule has 0 aromatic heterocycles. The molecule has 0 fully saturated rings. The van der Waals surface area contributed by atoms with Gasteiger partial charge < -0.3 is 9.84 Å². The minimum absolute atomic E-state index is 0. The molecule has 147 valence electrons. The molecule has 0 amide bonds. The molecule has 1 aliphatic carbocycles. The van der Waals surface area contributed by atoms with Crippen LogP contribution in [0.5, 0.6) is 5.75 Å². The van der Waals surface area contributed by atoms with Gasteiger partial charge in [-0.25, -0.2) is 0 Å². The zero-order valence-electron chi connectivity index (χ0n) is 17.2. The van der Waals surface area contributed by atoms with Gasteiger partial charge >= 0.3 is 0 Å². The molecule has 1 atom stereocenters. The molecular weight excluding hydrogens is 339 g/mol. The van der Waals surface area contributed by atoms with Crippen LogP contribution in [0, 0.1) is 18.8 Å². The molecule has 3 rings (SSSR count). The van der Waals surface area contributed by atoms with Crippen LogP contribution in [-0.2, 0) is 0 Å². The van der Waals surface area contributed by atoms with Gasteiger partial charge in [0.1, 0.15) is 11.9 Å². The number of hydrogen-bond acceptors (Lipinski definition) is 2. The van der Waals surface area contributed by atoms with E-state index in [1.165, 1.54) is 16.7 Å². The van der Waals surface area contributed by atoms with E-state index in [1.807, 2.05) is 44.2 Å². The molecule has 2 nitrogen and oxygen atoms in total. The summed E-state index contributed by atoms with van der Waals surface area (Å²) in [6.45, 7) is 12.0. The second-order valence-corrected chi connectivity index (χ2v) is 7.96. The van der Waals surface area contributed by atoms with Crippen LogP contribution in [0.3, 0.4) is 0 Å². The summed E-state index contributed by atoms with van der Waals surface area (Å²) in [5.41, 5.74) is 3.03. The highest BCUT2D eigenvalue weighted by atomic mass is 19.0. The second-order valence-electron chi connectivity index (χ2n) is 7.96. The lowest BCUT2D eigenvalue weighted by atomic mass is 9.75. The highest BCUT2D eigenvalue weighted by Crippen LogP contribution is 2.44. The van der Waals surface area contributed by atoms with Crippen molar-refractivity contribution in [3.8, 4) is 5.75 Å². The zero-order chi connectivity index (χ0) is 19.4. The van der Waals surface area contributed by atoms with Gasteiger partial charge in [0.25, 0.3) is 0 Å². The monoisotopic (exact) mass is 371 g/mol. The van der Waals surface area contributed by atoms with Crippen LogP contribution in [-0.4, -0.2) is 10.7 Å². The molecule has 1 radical (unpaired) electrons. The quantitative estimate of drug-likeness (QED) is 0.676. The van der Waals surface area contributed by atoms with Crippen molar-refractivity contribution in [3.05, 3.63) is 83.8 Å². The molecule has 1 N–H and O–H groups in total. The predicted octanol–water partition coefficient (Wildman–Crippen LogP) is 6.22. The Balaban J connectivity index is 0.000000288. The average molecular weight is 372 g/mol. The zero-order valence-corrected chi connectivity index (χ0v) is 17.2. The van der Waals surface area contributed by atoms with Gasteiger partial charge in [0.2, 0.25) is 0 Å². The van der Waals surface area contributed by atoms with Gasteiger partial charge in [0.15, 0.2) is 0 Å². The maximum Gasteiger partial charge on any atom is 0.121 e. The van der Waals surface area contributed by atoms with E-state index in [2.05, 4.69) is 64.5 Å². The first-order chi connectivity index (χ1) is 12.1. The van der Waals surface area contributed by atoms with Crippen molar-refractivity contribution in [3.63, 3.8) is 0 Å². The van der Waals surface area contributed by atoms with Crippen LogP contribution < -0.4 is 4.74 Å².